The topological polar surface area (TPSA) is 39.7 Å². The van der Waals surface area contributed by atoms with Crippen LogP contribution in [0.4, 0.5) is 0 Å². The van der Waals surface area contributed by atoms with Crippen LogP contribution in [-0.2, 0) is 11.3 Å². The van der Waals surface area contributed by atoms with Gasteiger partial charge in [0.05, 0.1) is 13.7 Å². The molecular weight excluding hydrogens is 322 g/mol. The molecule has 0 radical (unpaired) electrons. The fraction of sp³-hybridized carbons (Fsp3) is 0.600. The van der Waals surface area contributed by atoms with Crippen molar-refractivity contribution in [3.05, 3.63) is 22.2 Å². The van der Waals surface area contributed by atoms with Crippen molar-refractivity contribution in [1.29, 1.82) is 0 Å². The van der Waals surface area contributed by atoms with E-state index in [1.807, 2.05) is 26.0 Å². The molecule has 0 heterocycles. The minimum atomic E-state index is 0.615. The molecule has 0 saturated carbocycles. The highest BCUT2D eigenvalue weighted by Crippen LogP contribution is 2.36. The summed E-state index contributed by atoms with van der Waals surface area (Å²) in [6.07, 6.45) is 0.999. The van der Waals surface area contributed by atoms with E-state index in [2.05, 4.69) is 21.2 Å². The van der Waals surface area contributed by atoms with Gasteiger partial charge in [-0.25, -0.2) is 0 Å². The summed E-state index contributed by atoms with van der Waals surface area (Å²) in [6.45, 7) is 7.81. The highest BCUT2D eigenvalue weighted by atomic mass is 79.9. The molecule has 0 atom stereocenters. The molecule has 0 aliphatic heterocycles. The van der Waals surface area contributed by atoms with Crippen molar-refractivity contribution in [3.63, 3.8) is 0 Å². The Kier molecular flexibility index (Phi) is 8.65. The van der Waals surface area contributed by atoms with Crippen LogP contribution in [-0.4, -0.2) is 33.5 Å². The van der Waals surface area contributed by atoms with E-state index >= 15 is 0 Å². The highest BCUT2D eigenvalue weighted by molar-refractivity contribution is 9.10. The van der Waals surface area contributed by atoms with E-state index in [-0.39, 0.29) is 0 Å². The summed E-state index contributed by atoms with van der Waals surface area (Å²) >= 11 is 3.57. The Hall–Kier alpha value is -0.780. The van der Waals surface area contributed by atoms with E-state index in [0.717, 1.165) is 54.3 Å². The van der Waals surface area contributed by atoms with Crippen LogP contribution in [0.15, 0.2) is 16.6 Å². The summed E-state index contributed by atoms with van der Waals surface area (Å²) in [4.78, 5) is 0. The van der Waals surface area contributed by atoms with E-state index in [1.165, 1.54) is 0 Å². The van der Waals surface area contributed by atoms with Gasteiger partial charge < -0.3 is 19.5 Å². The molecule has 0 fully saturated rings. The first kappa shape index (κ1) is 17.3. The van der Waals surface area contributed by atoms with Crippen LogP contribution in [0.2, 0.25) is 0 Å². The zero-order valence-corrected chi connectivity index (χ0v) is 14.1. The van der Waals surface area contributed by atoms with E-state index in [0.29, 0.717) is 6.61 Å². The molecule has 0 unspecified atom stereocenters. The van der Waals surface area contributed by atoms with Crippen molar-refractivity contribution < 1.29 is 14.2 Å². The van der Waals surface area contributed by atoms with Gasteiger partial charge in [-0.05, 0) is 38.9 Å². The molecule has 0 aromatic heterocycles. The van der Waals surface area contributed by atoms with Crippen molar-refractivity contribution in [1.82, 2.24) is 5.32 Å². The number of benzene rings is 1. The Balaban J connectivity index is 2.62. The lowest BCUT2D eigenvalue weighted by Gasteiger charge is -2.16. The van der Waals surface area contributed by atoms with Gasteiger partial charge in [0.1, 0.15) is 0 Å². The zero-order chi connectivity index (χ0) is 14.8. The maximum atomic E-state index is 5.72. The quantitative estimate of drug-likeness (QED) is 0.660. The number of rotatable bonds is 10. The third kappa shape index (κ3) is 5.31. The smallest absolute Gasteiger partial charge is 0.166 e. The van der Waals surface area contributed by atoms with Gasteiger partial charge in [0.15, 0.2) is 11.5 Å². The Morgan fingerprint density at radius 2 is 2.00 bits per heavy atom. The second-order valence-corrected chi connectivity index (χ2v) is 5.07. The molecule has 20 heavy (non-hydrogen) atoms. The lowest BCUT2D eigenvalue weighted by atomic mass is 10.2. The minimum Gasteiger partial charge on any atom is -0.493 e. The maximum Gasteiger partial charge on any atom is 0.166 e. The van der Waals surface area contributed by atoms with Gasteiger partial charge in [0, 0.05) is 29.8 Å². The Morgan fingerprint density at radius 3 is 2.65 bits per heavy atom. The highest BCUT2D eigenvalue weighted by Gasteiger charge is 2.13. The molecule has 0 amide bonds. The number of hydrogen-bond acceptors (Lipinski definition) is 4. The predicted octanol–water partition coefficient (Wildman–Crippen LogP) is 3.37. The lowest BCUT2D eigenvalue weighted by Crippen LogP contribution is -2.17. The summed E-state index contributed by atoms with van der Waals surface area (Å²) < 4.78 is 17.4. The number of ether oxygens (including phenoxy) is 3. The molecule has 1 N–H and O–H groups in total. The van der Waals surface area contributed by atoms with Crippen molar-refractivity contribution in [2.24, 2.45) is 0 Å². The van der Waals surface area contributed by atoms with Gasteiger partial charge in [-0.3, -0.25) is 0 Å². The number of halogens is 1. The average Bonchev–Trinajstić information content (AvgIpc) is 2.45. The Labute approximate surface area is 129 Å². The van der Waals surface area contributed by atoms with Gasteiger partial charge in [-0.15, -0.1) is 0 Å². The summed E-state index contributed by atoms with van der Waals surface area (Å²) in [5.41, 5.74) is 1.09. The van der Waals surface area contributed by atoms with Crippen LogP contribution >= 0.6 is 15.9 Å². The van der Waals surface area contributed by atoms with Crippen LogP contribution in [0.25, 0.3) is 0 Å². The molecule has 114 valence electrons. The summed E-state index contributed by atoms with van der Waals surface area (Å²) in [6, 6.07) is 3.90. The second kappa shape index (κ2) is 10.0. The zero-order valence-electron chi connectivity index (χ0n) is 12.5. The van der Waals surface area contributed by atoms with Crippen molar-refractivity contribution in [3.8, 4) is 11.5 Å². The van der Waals surface area contributed by atoms with Crippen LogP contribution in [0.3, 0.4) is 0 Å². The molecule has 1 aromatic rings. The average molecular weight is 346 g/mol. The molecular formula is C15H24BrNO3. The normalized spacial score (nSPS) is 10.6. The van der Waals surface area contributed by atoms with Gasteiger partial charge in [-0.2, -0.15) is 0 Å². The fourth-order valence-electron chi connectivity index (χ4n) is 1.87. The third-order valence-corrected chi connectivity index (χ3v) is 3.57. The standard InChI is InChI=1S/C15H24BrNO3/c1-4-19-10-6-9-17-11-12-13(16)7-8-14(18-3)15(12)20-5-2/h7-8,17H,4-6,9-11H2,1-3H3. The molecule has 0 saturated heterocycles. The van der Waals surface area contributed by atoms with E-state index in [9.17, 15) is 0 Å². The van der Waals surface area contributed by atoms with Gasteiger partial charge >= 0.3 is 0 Å². The molecule has 5 heteroatoms. The summed E-state index contributed by atoms with van der Waals surface area (Å²) in [5.74, 6) is 1.57. The van der Waals surface area contributed by atoms with E-state index in [4.69, 9.17) is 14.2 Å². The van der Waals surface area contributed by atoms with E-state index < -0.39 is 0 Å². The fourth-order valence-corrected chi connectivity index (χ4v) is 2.32. The maximum absolute atomic E-state index is 5.72. The molecule has 0 bridgehead atoms. The summed E-state index contributed by atoms with van der Waals surface area (Å²) in [5, 5.41) is 3.41. The summed E-state index contributed by atoms with van der Waals surface area (Å²) in [7, 11) is 1.66. The SMILES string of the molecule is CCOCCCNCc1c(Br)ccc(OC)c1OCC. The molecule has 0 spiro atoms. The van der Waals surface area contributed by atoms with Gasteiger partial charge in [0.2, 0.25) is 0 Å². The first-order chi connectivity index (χ1) is 9.74. The van der Waals surface area contributed by atoms with Crippen molar-refractivity contribution >= 4 is 15.9 Å². The first-order valence-electron chi connectivity index (χ1n) is 7.01. The third-order valence-electron chi connectivity index (χ3n) is 2.82. The molecule has 0 aliphatic carbocycles. The number of methoxy groups -OCH3 is 1. The number of nitrogens with one attached hydrogen (secondary N) is 1. The monoisotopic (exact) mass is 345 g/mol. The lowest BCUT2D eigenvalue weighted by molar-refractivity contribution is 0.144. The van der Waals surface area contributed by atoms with Crippen molar-refractivity contribution in [2.45, 2.75) is 26.8 Å². The van der Waals surface area contributed by atoms with Crippen molar-refractivity contribution in [2.75, 3.05) is 33.5 Å². The molecule has 4 nitrogen and oxygen atoms in total. The Morgan fingerprint density at radius 1 is 1.20 bits per heavy atom. The first-order valence-corrected chi connectivity index (χ1v) is 7.80. The number of hydrogen-bond donors (Lipinski definition) is 1. The van der Waals surface area contributed by atoms with Crippen LogP contribution in [0, 0.1) is 0 Å². The Bertz CT molecular complexity index is 399. The van der Waals surface area contributed by atoms with Crippen LogP contribution < -0.4 is 14.8 Å². The van der Waals surface area contributed by atoms with E-state index in [1.54, 1.807) is 7.11 Å². The molecule has 0 aliphatic rings. The van der Waals surface area contributed by atoms with Gasteiger partial charge in [0.25, 0.3) is 0 Å². The van der Waals surface area contributed by atoms with Crippen LogP contribution in [0.5, 0.6) is 11.5 Å². The van der Waals surface area contributed by atoms with Crippen LogP contribution in [0.1, 0.15) is 25.8 Å². The largest absolute Gasteiger partial charge is 0.493 e. The molecule has 1 rings (SSSR count). The van der Waals surface area contributed by atoms with Gasteiger partial charge in [-0.1, -0.05) is 15.9 Å². The predicted molar refractivity (Wildman–Crippen MR) is 84.7 cm³/mol. The second-order valence-electron chi connectivity index (χ2n) is 4.22. The minimum absolute atomic E-state index is 0.615. The molecule has 1 aromatic carbocycles.